The number of hydrogen-bond donors (Lipinski definition) is 2. The maximum Gasteiger partial charge on any atom is 0.422 e. The van der Waals surface area contributed by atoms with Gasteiger partial charge in [-0.3, -0.25) is 4.79 Å². The van der Waals surface area contributed by atoms with Gasteiger partial charge in [0, 0.05) is 0 Å². The number of halogens is 8. The number of nitrogens with two attached hydrogens (primary N) is 2. The van der Waals surface area contributed by atoms with Crippen LogP contribution in [0.4, 0.5) is 32.2 Å². The van der Waals surface area contributed by atoms with E-state index in [-0.39, 0.29) is 0 Å². The summed E-state index contributed by atoms with van der Waals surface area (Å²) < 4.78 is 77.7. The molecule has 0 unspecified atom stereocenters. The van der Waals surface area contributed by atoms with Gasteiger partial charge in [0.05, 0.1) is 15.6 Å². The van der Waals surface area contributed by atoms with Crippen molar-refractivity contribution in [3.8, 4) is 5.69 Å². The lowest BCUT2D eigenvalue weighted by Crippen LogP contribution is -2.18. The summed E-state index contributed by atoms with van der Waals surface area (Å²) in [6.07, 6.45) is -9.89. The third-order valence-corrected chi connectivity index (χ3v) is 3.57. The van der Waals surface area contributed by atoms with Gasteiger partial charge >= 0.3 is 12.4 Å². The van der Waals surface area contributed by atoms with Crippen LogP contribution in [0.15, 0.2) is 12.1 Å². The molecule has 2 rings (SSSR count). The van der Waals surface area contributed by atoms with Crippen molar-refractivity contribution in [1.29, 1.82) is 0 Å². The fraction of sp³-hybridized carbons (Fsp3) is 0.167. The van der Waals surface area contributed by atoms with Crippen LogP contribution in [-0.2, 0) is 12.4 Å². The molecule has 0 aliphatic carbocycles. The highest BCUT2D eigenvalue weighted by Gasteiger charge is 2.42. The Morgan fingerprint density at radius 3 is 1.84 bits per heavy atom. The smallest absolute Gasteiger partial charge is 0.383 e. The number of nitrogen functional groups attached to an aromatic ring is 1. The Morgan fingerprint density at radius 1 is 1.04 bits per heavy atom. The van der Waals surface area contributed by atoms with E-state index in [0.29, 0.717) is 16.8 Å². The van der Waals surface area contributed by atoms with Crippen molar-refractivity contribution < 1.29 is 31.1 Å². The predicted molar refractivity (Wildman–Crippen MR) is 76.5 cm³/mol. The lowest BCUT2D eigenvalue weighted by Gasteiger charge is -2.13. The van der Waals surface area contributed by atoms with Gasteiger partial charge in [0.25, 0.3) is 5.91 Å². The molecule has 136 valence electrons. The highest BCUT2D eigenvalue weighted by atomic mass is 35.5. The topological polar surface area (TPSA) is 86.9 Å². The SMILES string of the molecule is NC(=O)c1nn(-c2c(Cl)cc(C(F)(F)F)cc2Cl)c(N)c1C(F)(F)F. The monoisotopic (exact) mass is 406 g/mol. The molecule has 1 aromatic carbocycles. The minimum Gasteiger partial charge on any atom is -0.383 e. The molecule has 2 aromatic rings. The molecular weight excluding hydrogens is 401 g/mol. The highest BCUT2D eigenvalue weighted by molar-refractivity contribution is 6.38. The molecule has 0 saturated heterocycles. The molecule has 0 fully saturated rings. The van der Waals surface area contributed by atoms with Crippen molar-refractivity contribution in [3.63, 3.8) is 0 Å². The Morgan fingerprint density at radius 2 is 1.52 bits per heavy atom. The lowest BCUT2D eigenvalue weighted by atomic mass is 10.2. The van der Waals surface area contributed by atoms with Gasteiger partial charge in [-0.05, 0) is 12.1 Å². The first-order chi connectivity index (χ1) is 11.2. The van der Waals surface area contributed by atoms with E-state index in [9.17, 15) is 31.1 Å². The number of carbonyl (C=O) groups excluding carboxylic acids is 1. The number of carbonyl (C=O) groups is 1. The van der Waals surface area contributed by atoms with Gasteiger partial charge in [0.15, 0.2) is 5.69 Å². The third-order valence-electron chi connectivity index (χ3n) is 2.99. The number of rotatable bonds is 2. The Kier molecular flexibility index (Phi) is 4.60. The zero-order chi connectivity index (χ0) is 19.3. The number of primary amides is 1. The van der Waals surface area contributed by atoms with E-state index in [0.717, 1.165) is 0 Å². The second-order valence-electron chi connectivity index (χ2n) is 4.67. The van der Waals surface area contributed by atoms with E-state index in [1.807, 2.05) is 0 Å². The summed E-state index contributed by atoms with van der Waals surface area (Å²) in [6, 6.07) is 0.863. The van der Waals surface area contributed by atoms with E-state index in [1.54, 1.807) is 0 Å². The Bertz CT molecular complexity index is 836. The van der Waals surface area contributed by atoms with E-state index in [2.05, 4.69) is 5.10 Å². The lowest BCUT2D eigenvalue weighted by molar-refractivity contribution is -0.138. The Labute approximate surface area is 145 Å². The van der Waals surface area contributed by atoms with Gasteiger partial charge in [-0.15, -0.1) is 0 Å². The van der Waals surface area contributed by atoms with E-state index in [1.165, 1.54) is 0 Å². The van der Waals surface area contributed by atoms with Crippen molar-refractivity contribution in [2.24, 2.45) is 5.73 Å². The number of hydrogen-bond acceptors (Lipinski definition) is 3. The summed E-state index contributed by atoms with van der Waals surface area (Å²) in [4.78, 5) is 11.2. The standard InChI is InChI=1S/C12H6Cl2F6N4O/c13-4-1-3(11(15,16)17)2-5(14)8(4)24-9(21)6(12(18,19)20)7(23-24)10(22)25/h1-2H,21H2,(H2,22,25). The number of benzene rings is 1. The van der Waals surface area contributed by atoms with Crippen LogP contribution in [0.5, 0.6) is 0 Å². The van der Waals surface area contributed by atoms with Crippen LogP contribution in [0.1, 0.15) is 21.6 Å². The first kappa shape index (κ1) is 19.2. The maximum atomic E-state index is 13.1. The second kappa shape index (κ2) is 5.99. The number of aromatic nitrogens is 2. The van der Waals surface area contributed by atoms with Gasteiger partial charge in [0.2, 0.25) is 0 Å². The van der Waals surface area contributed by atoms with Crippen LogP contribution in [-0.4, -0.2) is 15.7 Å². The molecule has 1 aromatic heterocycles. The molecule has 1 heterocycles. The summed E-state index contributed by atoms with van der Waals surface area (Å²) in [6.45, 7) is 0. The van der Waals surface area contributed by atoms with Crippen molar-refractivity contribution in [2.45, 2.75) is 12.4 Å². The van der Waals surface area contributed by atoms with Gasteiger partial charge in [-0.1, -0.05) is 23.2 Å². The van der Waals surface area contributed by atoms with Crippen LogP contribution in [0.25, 0.3) is 5.69 Å². The molecule has 13 heteroatoms. The first-order valence-electron chi connectivity index (χ1n) is 6.07. The number of alkyl halides is 6. The van der Waals surface area contributed by atoms with Crippen molar-refractivity contribution in [2.75, 3.05) is 5.73 Å². The Balaban J connectivity index is 2.79. The molecule has 1 amide bonds. The number of amides is 1. The van der Waals surface area contributed by atoms with Crippen LogP contribution in [0.3, 0.4) is 0 Å². The van der Waals surface area contributed by atoms with E-state index in [4.69, 9.17) is 34.7 Å². The normalized spacial score (nSPS) is 12.5. The van der Waals surface area contributed by atoms with Gasteiger partial charge in [-0.25, -0.2) is 4.68 Å². The van der Waals surface area contributed by atoms with Gasteiger partial charge < -0.3 is 11.5 Å². The van der Waals surface area contributed by atoms with Crippen LogP contribution in [0, 0.1) is 0 Å². The van der Waals surface area contributed by atoms with Crippen molar-refractivity contribution >= 4 is 34.9 Å². The molecule has 4 N–H and O–H groups in total. The summed E-state index contributed by atoms with van der Waals surface area (Å²) in [7, 11) is 0. The van der Waals surface area contributed by atoms with Gasteiger partial charge in [0.1, 0.15) is 17.1 Å². The van der Waals surface area contributed by atoms with Crippen LogP contribution >= 0.6 is 23.2 Å². The highest BCUT2D eigenvalue weighted by Crippen LogP contribution is 2.41. The predicted octanol–water partition coefficient (Wildman–Crippen LogP) is 3.90. The molecule has 0 radical (unpaired) electrons. The first-order valence-corrected chi connectivity index (χ1v) is 6.82. The van der Waals surface area contributed by atoms with E-state index < -0.39 is 56.6 Å². The number of anilines is 1. The zero-order valence-electron chi connectivity index (χ0n) is 11.6. The molecule has 25 heavy (non-hydrogen) atoms. The average Bonchev–Trinajstić information content (AvgIpc) is 2.75. The van der Waals surface area contributed by atoms with Crippen LogP contribution < -0.4 is 11.5 Å². The quantitative estimate of drug-likeness (QED) is 0.741. The molecule has 0 atom stereocenters. The maximum absolute atomic E-state index is 13.1. The summed E-state index contributed by atoms with van der Waals surface area (Å²) in [5.74, 6) is -2.65. The average molecular weight is 407 g/mol. The minimum absolute atomic E-state index is 0.313. The third kappa shape index (κ3) is 3.47. The molecule has 5 nitrogen and oxygen atoms in total. The second-order valence-corrected chi connectivity index (χ2v) is 5.48. The molecule has 0 spiro atoms. The summed E-state index contributed by atoms with van der Waals surface area (Å²) in [5, 5.41) is 1.94. The molecular formula is C12H6Cl2F6N4O. The molecule has 0 bridgehead atoms. The zero-order valence-corrected chi connectivity index (χ0v) is 13.1. The van der Waals surface area contributed by atoms with Crippen LogP contribution in [0.2, 0.25) is 10.0 Å². The van der Waals surface area contributed by atoms with Crippen molar-refractivity contribution in [3.05, 3.63) is 39.0 Å². The number of nitrogens with zero attached hydrogens (tertiary/aromatic N) is 2. The Hall–Kier alpha value is -2.14. The largest absolute Gasteiger partial charge is 0.422 e. The van der Waals surface area contributed by atoms with E-state index >= 15 is 0 Å². The summed E-state index contributed by atoms with van der Waals surface area (Å²) in [5.41, 5.74) is 5.53. The minimum atomic E-state index is -5.10. The molecule has 0 saturated carbocycles. The van der Waals surface area contributed by atoms with Gasteiger partial charge in [-0.2, -0.15) is 31.4 Å². The fourth-order valence-corrected chi connectivity index (χ4v) is 2.63. The summed E-state index contributed by atoms with van der Waals surface area (Å²) >= 11 is 11.4. The van der Waals surface area contributed by atoms with Crippen molar-refractivity contribution in [1.82, 2.24) is 9.78 Å². The molecule has 0 aliphatic rings. The molecule has 0 aliphatic heterocycles. The fourth-order valence-electron chi connectivity index (χ4n) is 1.99.